The summed E-state index contributed by atoms with van der Waals surface area (Å²) in [4.78, 5) is 4.41. The molecule has 1 heterocycles. The summed E-state index contributed by atoms with van der Waals surface area (Å²) in [5.41, 5.74) is 1.16. The zero-order valence-electron chi connectivity index (χ0n) is 8.21. The van der Waals surface area contributed by atoms with Crippen molar-refractivity contribution >= 4 is 11.3 Å². The Hall–Kier alpha value is -0.670. The van der Waals surface area contributed by atoms with Gasteiger partial charge in [-0.1, -0.05) is 13.0 Å². The average Bonchev–Trinajstić information content (AvgIpc) is 2.50. The summed E-state index contributed by atoms with van der Waals surface area (Å²) >= 11 is 1.70. The molecular formula is C10H16N2S. The van der Waals surface area contributed by atoms with Crippen LogP contribution in [0.1, 0.15) is 17.6 Å². The normalized spacial score (nSPS) is 12.8. The Morgan fingerprint density at radius 2 is 2.54 bits per heavy atom. The highest BCUT2D eigenvalue weighted by Crippen LogP contribution is 2.10. The number of hydrogen-bond donors (Lipinski definition) is 1. The minimum absolute atomic E-state index is 0.353. The quantitative estimate of drug-likeness (QED) is 0.730. The van der Waals surface area contributed by atoms with Gasteiger partial charge in [0.1, 0.15) is 0 Å². The molecule has 0 saturated carbocycles. The molecule has 0 radical (unpaired) electrons. The van der Waals surface area contributed by atoms with Crippen LogP contribution in [-0.4, -0.2) is 17.6 Å². The van der Waals surface area contributed by atoms with E-state index in [9.17, 15) is 0 Å². The Bertz CT molecular complexity index is 268. The van der Waals surface area contributed by atoms with Crippen LogP contribution in [0.15, 0.2) is 18.0 Å². The molecule has 0 aliphatic rings. The molecule has 13 heavy (non-hydrogen) atoms. The zero-order valence-corrected chi connectivity index (χ0v) is 9.03. The van der Waals surface area contributed by atoms with E-state index in [1.54, 1.807) is 11.3 Å². The lowest BCUT2D eigenvalue weighted by molar-refractivity contribution is 0.607. The van der Waals surface area contributed by atoms with Crippen molar-refractivity contribution < 1.29 is 0 Å². The van der Waals surface area contributed by atoms with E-state index in [-0.39, 0.29) is 0 Å². The number of aryl methyl sites for hydroxylation is 1. The van der Waals surface area contributed by atoms with Gasteiger partial charge in [-0.3, -0.25) is 0 Å². The molecule has 1 aromatic rings. The highest BCUT2D eigenvalue weighted by atomic mass is 32.1. The molecular weight excluding hydrogens is 180 g/mol. The van der Waals surface area contributed by atoms with Crippen molar-refractivity contribution in [3.63, 3.8) is 0 Å². The first-order valence-electron chi connectivity index (χ1n) is 4.53. The molecule has 1 atom stereocenters. The van der Waals surface area contributed by atoms with Crippen LogP contribution in [0.25, 0.3) is 0 Å². The molecule has 3 heteroatoms. The average molecular weight is 196 g/mol. The molecule has 0 aliphatic heterocycles. The van der Waals surface area contributed by atoms with Gasteiger partial charge in [0.15, 0.2) is 0 Å². The number of nitrogens with one attached hydrogen (secondary N) is 1. The van der Waals surface area contributed by atoms with E-state index in [2.05, 4.69) is 29.2 Å². The number of hydrogen-bond acceptors (Lipinski definition) is 3. The monoisotopic (exact) mass is 196 g/mol. The Morgan fingerprint density at radius 3 is 3.00 bits per heavy atom. The van der Waals surface area contributed by atoms with Crippen molar-refractivity contribution in [1.29, 1.82) is 0 Å². The van der Waals surface area contributed by atoms with Crippen molar-refractivity contribution in [1.82, 2.24) is 10.3 Å². The number of rotatable bonds is 5. The maximum Gasteiger partial charge on any atom is 0.0897 e. The highest BCUT2D eigenvalue weighted by Gasteiger charge is 2.05. The molecule has 0 aliphatic carbocycles. The van der Waals surface area contributed by atoms with Crippen LogP contribution in [0.4, 0.5) is 0 Å². The molecule has 1 N–H and O–H groups in total. The molecule has 0 fully saturated rings. The molecule has 1 aromatic heterocycles. The van der Waals surface area contributed by atoms with Crippen LogP contribution in [-0.2, 0) is 6.42 Å². The van der Waals surface area contributed by atoms with E-state index in [1.807, 2.05) is 13.0 Å². The van der Waals surface area contributed by atoms with Gasteiger partial charge >= 0.3 is 0 Å². The van der Waals surface area contributed by atoms with E-state index in [0.717, 1.165) is 23.7 Å². The predicted molar refractivity (Wildman–Crippen MR) is 58.2 cm³/mol. The lowest BCUT2D eigenvalue weighted by atomic mass is 10.1. The molecule has 2 nitrogen and oxygen atoms in total. The van der Waals surface area contributed by atoms with Gasteiger partial charge in [0, 0.05) is 17.8 Å². The maximum atomic E-state index is 4.41. The standard InChI is InChI=1S/C10H16N2S/c1-4-9(11-5-2)6-10-7-13-8(3)12-10/h4,7,9,11H,1,5-6H2,2-3H3. The fourth-order valence-corrected chi connectivity index (χ4v) is 1.85. The molecule has 0 saturated heterocycles. The zero-order chi connectivity index (χ0) is 9.68. The summed E-state index contributed by atoms with van der Waals surface area (Å²) in [6.45, 7) is 8.90. The predicted octanol–water partition coefficient (Wildman–Crippen LogP) is 2.16. The van der Waals surface area contributed by atoms with Crippen molar-refractivity contribution in [2.24, 2.45) is 0 Å². The second kappa shape index (κ2) is 5.14. The van der Waals surface area contributed by atoms with Crippen LogP contribution < -0.4 is 5.32 Å². The first-order valence-corrected chi connectivity index (χ1v) is 5.41. The first kappa shape index (κ1) is 10.4. The topological polar surface area (TPSA) is 24.9 Å². The van der Waals surface area contributed by atoms with E-state index >= 15 is 0 Å². The lowest BCUT2D eigenvalue weighted by Gasteiger charge is -2.10. The first-order chi connectivity index (χ1) is 6.26. The summed E-state index contributed by atoms with van der Waals surface area (Å²) in [7, 11) is 0. The summed E-state index contributed by atoms with van der Waals surface area (Å²) in [5, 5.41) is 6.58. The van der Waals surface area contributed by atoms with Crippen molar-refractivity contribution in [3.8, 4) is 0 Å². The van der Waals surface area contributed by atoms with Gasteiger partial charge in [0.25, 0.3) is 0 Å². The van der Waals surface area contributed by atoms with Gasteiger partial charge in [-0.15, -0.1) is 17.9 Å². The van der Waals surface area contributed by atoms with E-state index in [4.69, 9.17) is 0 Å². The van der Waals surface area contributed by atoms with Gasteiger partial charge in [0.2, 0.25) is 0 Å². The van der Waals surface area contributed by atoms with Crippen LogP contribution >= 0.6 is 11.3 Å². The van der Waals surface area contributed by atoms with Crippen LogP contribution in [0, 0.1) is 6.92 Å². The van der Waals surface area contributed by atoms with E-state index < -0.39 is 0 Å². The molecule has 1 rings (SSSR count). The van der Waals surface area contributed by atoms with E-state index in [0.29, 0.717) is 6.04 Å². The third-order valence-electron chi connectivity index (χ3n) is 1.85. The highest BCUT2D eigenvalue weighted by molar-refractivity contribution is 7.09. The Kier molecular flexibility index (Phi) is 4.12. The number of thiazole rings is 1. The number of likely N-dealkylation sites (N-methyl/N-ethyl adjacent to an activating group) is 1. The minimum Gasteiger partial charge on any atom is -0.310 e. The van der Waals surface area contributed by atoms with Gasteiger partial charge in [-0.2, -0.15) is 0 Å². The van der Waals surface area contributed by atoms with Crippen molar-refractivity contribution in [2.75, 3.05) is 6.54 Å². The molecule has 0 amide bonds. The summed E-state index contributed by atoms with van der Waals surface area (Å²) in [5.74, 6) is 0. The van der Waals surface area contributed by atoms with Crippen LogP contribution in [0.5, 0.6) is 0 Å². The van der Waals surface area contributed by atoms with Gasteiger partial charge < -0.3 is 5.32 Å². The van der Waals surface area contributed by atoms with Crippen molar-refractivity contribution in [3.05, 3.63) is 28.7 Å². The van der Waals surface area contributed by atoms with Gasteiger partial charge in [0.05, 0.1) is 10.7 Å². The lowest BCUT2D eigenvalue weighted by Crippen LogP contribution is -2.28. The van der Waals surface area contributed by atoms with E-state index in [1.165, 1.54) is 0 Å². The fraction of sp³-hybridized carbons (Fsp3) is 0.500. The van der Waals surface area contributed by atoms with Gasteiger partial charge in [-0.25, -0.2) is 4.98 Å². The Balaban J connectivity index is 2.51. The fourth-order valence-electron chi connectivity index (χ4n) is 1.23. The molecule has 0 bridgehead atoms. The smallest absolute Gasteiger partial charge is 0.0897 e. The Morgan fingerprint density at radius 1 is 1.77 bits per heavy atom. The summed E-state index contributed by atoms with van der Waals surface area (Å²) < 4.78 is 0. The Labute approximate surface area is 83.7 Å². The van der Waals surface area contributed by atoms with Crippen LogP contribution in [0.2, 0.25) is 0 Å². The third-order valence-corrected chi connectivity index (χ3v) is 2.67. The third kappa shape index (κ3) is 3.28. The van der Waals surface area contributed by atoms with Crippen LogP contribution in [0.3, 0.4) is 0 Å². The molecule has 1 unspecified atom stereocenters. The summed E-state index contributed by atoms with van der Waals surface area (Å²) in [6.07, 6.45) is 2.89. The minimum atomic E-state index is 0.353. The van der Waals surface area contributed by atoms with Gasteiger partial charge in [-0.05, 0) is 13.5 Å². The molecule has 0 spiro atoms. The second-order valence-corrected chi connectivity index (χ2v) is 4.02. The largest absolute Gasteiger partial charge is 0.310 e. The second-order valence-electron chi connectivity index (χ2n) is 2.96. The number of aromatic nitrogens is 1. The van der Waals surface area contributed by atoms with Crippen molar-refractivity contribution in [2.45, 2.75) is 26.3 Å². The summed E-state index contributed by atoms with van der Waals surface area (Å²) in [6, 6.07) is 0.353. The SMILES string of the molecule is C=CC(Cc1csc(C)n1)NCC. The molecule has 0 aromatic carbocycles. The maximum absolute atomic E-state index is 4.41. The molecule has 72 valence electrons. The number of nitrogens with zero attached hydrogens (tertiary/aromatic N) is 1.